The number of aromatic nitrogens is 2. The summed E-state index contributed by atoms with van der Waals surface area (Å²) < 4.78 is 31.1. The number of benzene rings is 3. The van der Waals surface area contributed by atoms with Crippen LogP contribution in [0.25, 0.3) is 0 Å². The van der Waals surface area contributed by atoms with E-state index in [0.29, 0.717) is 67.4 Å². The maximum Gasteiger partial charge on any atom is 0.271 e. The van der Waals surface area contributed by atoms with Gasteiger partial charge < -0.3 is 10.4 Å². The van der Waals surface area contributed by atoms with Crippen molar-refractivity contribution in [3.63, 3.8) is 0 Å². The van der Waals surface area contributed by atoms with Crippen molar-refractivity contribution in [2.24, 2.45) is 0 Å². The van der Waals surface area contributed by atoms with E-state index in [-0.39, 0.29) is 18.1 Å². The molecule has 40 heavy (non-hydrogen) atoms. The number of fused-ring (bicyclic) bond motifs is 1. The zero-order chi connectivity index (χ0) is 28.2. The molecular weight excluding hydrogens is 538 g/mol. The number of nitrogens with one attached hydrogen (secondary N) is 1. The van der Waals surface area contributed by atoms with Gasteiger partial charge in [0, 0.05) is 54.9 Å². The van der Waals surface area contributed by atoms with Crippen molar-refractivity contribution in [2.75, 3.05) is 13.1 Å². The summed E-state index contributed by atoms with van der Waals surface area (Å²) in [5.41, 5.74) is 4.02. The lowest BCUT2D eigenvalue weighted by Gasteiger charge is -2.27. The van der Waals surface area contributed by atoms with Gasteiger partial charge >= 0.3 is 0 Å². The Morgan fingerprint density at radius 2 is 1.57 bits per heavy atom. The molecule has 0 fully saturated rings. The number of aliphatic hydroxyl groups is 1. The number of halogens is 3. The van der Waals surface area contributed by atoms with Crippen molar-refractivity contribution in [1.82, 2.24) is 19.6 Å². The molecular formula is C30H29ClF2N4O3. The third-order valence-corrected chi connectivity index (χ3v) is 7.32. The van der Waals surface area contributed by atoms with Gasteiger partial charge in [0.05, 0.1) is 25.3 Å². The molecule has 2 heterocycles. The van der Waals surface area contributed by atoms with Crippen molar-refractivity contribution in [3.05, 3.63) is 127 Å². The van der Waals surface area contributed by atoms with Crippen LogP contribution in [0.3, 0.4) is 0 Å². The Balaban J connectivity index is 1.37. The fraction of sp³-hybridized carbons (Fsp3) is 0.267. The Morgan fingerprint density at radius 3 is 2.25 bits per heavy atom. The summed E-state index contributed by atoms with van der Waals surface area (Å²) in [7, 11) is 0. The number of rotatable bonds is 9. The minimum absolute atomic E-state index is 0.0949. The number of hydrogen-bond donors (Lipinski definition) is 2. The molecule has 0 saturated heterocycles. The zero-order valence-corrected chi connectivity index (χ0v) is 22.5. The van der Waals surface area contributed by atoms with Crippen molar-refractivity contribution in [1.29, 1.82) is 0 Å². The lowest BCUT2D eigenvalue weighted by atomic mass is 10.1. The summed E-state index contributed by atoms with van der Waals surface area (Å²) >= 11 is 6.05. The quantitative estimate of drug-likeness (QED) is 0.320. The second kappa shape index (κ2) is 12.2. The van der Waals surface area contributed by atoms with Gasteiger partial charge in [-0.25, -0.2) is 13.5 Å². The minimum atomic E-state index is -0.629. The van der Waals surface area contributed by atoms with Gasteiger partial charge in [-0.15, -0.1) is 0 Å². The number of aliphatic hydroxyl groups excluding tert-OH is 1. The van der Waals surface area contributed by atoms with Gasteiger partial charge in [0.25, 0.3) is 11.5 Å². The first-order chi connectivity index (χ1) is 19.3. The summed E-state index contributed by atoms with van der Waals surface area (Å²) in [6.45, 7) is 2.20. The SMILES string of the molecule is O=C(NCCn1c2c(c(=O)n1Cc1ccc(Cl)cc1)CN(Cc1cc(F)cc(F)c1)CC2)c1ccc(CO)cc1. The van der Waals surface area contributed by atoms with Crippen molar-refractivity contribution in [3.8, 4) is 0 Å². The third kappa shape index (κ3) is 6.33. The predicted molar refractivity (Wildman–Crippen MR) is 148 cm³/mol. The Hall–Kier alpha value is -3.79. The fourth-order valence-corrected chi connectivity index (χ4v) is 5.23. The Kier molecular flexibility index (Phi) is 8.44. The fourth-order valence-electron chi connectivity index (χ4n) is 5.11. The highest BCUT2D eigenvalue weighted by atomic mass is 35.5. The maximum atomic E-state index is 13.7. The Labute approximate surface area is 235 Å². The van der Waals surface area contributed by atoms with Crippen LogP contribution >= 0.6 is 11.6 Å². The topological polar surface area (TPSA) is 79.5 Å². The highest BCUT2D eigenvalue weighted by Crippen LogP contribution is 2.21. The normalized spacial score (nSPS) is 13.3. The van der Waals surface area contributed by atoms with Crippen molar-refractivity contribution in [2.45, 2.75) is 39.2 Å². The van der Waals surface area contributed by atoms with E-state index in [9.17, 15) is 23.5 Å². The van der Waals surface area contributed by atoms with Crippen LogP contribution in [0, 0.1) is 11.6 Å². The highest BCUT2D eigenvalue weighted by molar-refractivity contribution is 6.30. The van der Waals surface area contributed by atoms with Crippen LogP contribution in [0.4, 0.5) is 8.78 Å². The molecule has 1 aliphatic rings. The molecule has 10 heteroatoms. The number of hydrogen-bond acceptors (Lipinski definition) is 4. The van der Waals surface area contributed by atoms with E-state index in [0.717, 1.165) is 22.9 Å². The summed E-state index contributed by atoms with van der Waals surface area (Å²) in [6, 6.07) is 17.5. The molecule has 7 nitrogen and oxygen atoms in total. The van der Waals surface area contributed by atoms with Crippen LogP contribution in [-0.4, -0.2) is 38.4 Å². The van der Waals surface area contributed by atoms with Gasteiger partial charge in [0.15, 0.2) is 0 Å². The molecule has 3 aromatic carbocycles. The van der Waals surface area contributed by atoms with Crippen molar-refractivity contribution >= 4 is 17.5 Å². The Bertz CT molecular complexity index is 1550. The predicted octanol–water partition coefficient (Wildman–Crippen LogP) is 4.11. The van der Waals surface area contributed by atoms with Crippen molar-refractivity contribution < 1.29 is 18.7 Å². The standard InChI is InChI=1S/C30H29ClF2N4O3/c31-24-7-3-20(4-8-24)17-37-30(40)27-18-35(16-22-13-25(32)15-26(33)14-22)11-9-28(27)36(37)12-10-34-29(39)23-5-1-21(19-38)2-6-23/h1-8,13-15,38H,9-12,16-19H2,(H,34,39). The molecule has 0 atom stereocenters. The average molecular weight is 567 g/mol. The maximum absolute atomic E-state index is 13.7. The van der Waals surface area contributed by atoms with Crippen LogP contribution in [0.2, 0.25) is 5.02 Å². The van der Waals surface area contributed by atoms with Gasteiger partial charge in [-0.2, -0.15) is 0 Å². The molecule has 208 valence electrons. The zero-order valence-electron chi connectivity index (χ0n) is 21.7. The van der Waals surface area contributed by atoms with E-state index in [1.165, 1.54) is 12.1 Å². The number of carbonyl (C=O) groups is 1. The molecule has 0 radical (unpaired) electrons. The first kappa shape index (κ1) is 27.8. The van der Waals surface area contributed by atoms with Gasteiger partial charge in [-0.1, -0.05) is 35.9 Å². The van der Waals surface area contributed by atoms with Crippen LogP contribution in [-0.2, 0) is 39.2 Å². The first-order valence-corrected chi connectivity index (χ1v) is 13.4. The molecule has 0 unspecified atom stereocenters. The van der Waals surface area contributed by atoms with E-state index >= 15 is 0 Å². The molecule has 2 N–H and O–H groups in total. The number of carbonyl (C=O) groups excluding carboxylic acids is 1. The van der Waals surface area contributed by atoms with Crippen LogP contribution < -0.4 is 10.9 Å². The molecule has 1 aromatic heterocycles. The monoisotopic (exact) mass is 566 g/mol. The van der Waals surface area contributed by atoms with Gasteiger partial charge in [-0.3, -0.25) is 19.2 Å². The van der Waals surface area contributed by atoms with E-state index in [1.807, 2.05) is 21.7 Å². The molecule has 4 aromatic rings. The summed E-state index contributed by atoms with van der Waals surface area (Å²) in [4.78, 5) is 28.3. The summed E-state index contributed by atoms with van der Waals surface area (Å²) in [6.07, 6.45) is 0.576. The molecule has 0 bridgehead atoms. The molecule has 1 amide bonds. The summed E-state index contributed by atoms with van der Waals surface area (Å²) in [5, 5.41) is 12.7. The van der Waals surface area contributed by atoms with Gasteiger partial charge in [0.1, 0.15) is 11.6 Å². The lowest BCUT2D eigenvalue weighted by Crippen LogP contribution is -2.33. The largest absolute Gasteiger partial charge is 0.392 e. The average Bonchev–Trinajstić information content (AvgIpc) is 3.19. The van der Waals surface area contributed by atoms with E-state index in [4.69, 9.17) is 11.6 Å². The van der Waals surface area contributed by atoms with Crippen LogP contribution in [0.5, 0.6) is 0 Å². The molecule has 5 rings (SSSR count). The van der Waals surface area contributed by atoms with Gasteiger partial charge in [0.2, 0.25) is 0 Å². The van der Waals surface area contributed by atoms with Crippen LogP contribution in [0.1, 0.15) is 38.3 Å². The number of amides is 1. The number of nitrogens with zero attached hydrogens (tertiary/aromatic N) is 3. The smallest absolute Gasteiger partial charge is 0.271 e. The van der Waals surface area contributed by atoms with E-state index in [2.05, 4.69) is 5.32 Å². The minimum Gasteiger partial charge on any atom is -0.392 e. The second-order valence-corrected chi connectivity index (χ2v) is 10.3. The molecule has 0 saturated carbocycles. The van der Waals surface area contributed by atoms with E-state index < -0.39 is 11.6 Å². The van der Waals surface area contributed by atoms with E-state index in [1.54, 1.807) is 41.1 Å². The first-order valence-electron chi connectivity index (χ1n) is 13.0. The van der Waals surface area contributed by atoms with Gasteiger partial charge in [-0.05, 0) is 53.1 Å². The van der Waals surface area contributed by atoms with Crippen LogP contribution in [0.15, 0.2) is 71.5 Å². The summed E-state index contributed by atoms with van der Waals surface area (Å²) in [5.74, 6) is -1.50. The second-order valence-electron chi connectivity index (χ2n) is 9.89. The molecule has 1 aliphatic heterocycles. The highest BCUT2D eigenvalue weighted by Gasteiger charge is 2.26. The molecule has 0 spiro atoms. The Morgan fingerprint density at radius 1 is 0.900 bits per heavy atom. The lowest BCUT2D eigenvalue weighted by molar-refractivity contribution is 0.0951. The third-order valence-electron chi connectivity index (χ3n) is 7.07. The molecule has 0 aliphatic carbocycles.